The number of hydrogen-bond donors (Lipinski definition) is 1. The molecule has 5 heteroatoms. The number of likely N-dealkylation sites (tertiary alicyclic amines) is 1. The molecule has 4 rings (SSSR count). The molecule has 3 aromatic carbocycles. The first kappa shape index (κ1) is 20.9. The zero-order chi connectivity index (χ0) is 21.6. The summed E-state index contributed by atoms with van der Waals surface area (Å²) in [6.07, 6.45) is 0.960. The van der Waals surface area contributed by atoms with Gasteiger partial charge in [0.2, 0.25) is 0 Å². The van der Waals surface area contributed by atoms with E-state index in [0.717, 1.165) is 48.7 Å². The number of methoxy groups -OCH3 is 2. The Balaban J connectivity index is 1.32. The summed E-state index contributed by atoms with van der Waals surface area (Å²) in [4.78, 5) is 14.9. The van der Waals surface area contributed by atoms with Crippen molar-refractivity contribution < 1.29 is 14.3 Å². The third kappa shape index (κ3) is 5.06. The molecule has 0 spiro atoms. The summed E-state index contributed by atoms with van der Waals surface area (Å²) in [5, 5.41) is 3.16. The Kier molecular flexibility index (Phi) is 6.53. The van der Waals surface area contributed by atoms with Gasteiger partial charge in [-0.25, -0.2) is 0 Å². The van der Waals surface area contributed by atoms with Crippen LogP contribution < -0.4 is 14.8 Å². The number of rotatable bonds is 7. The first-order valence-corrected chi connectivity index (χ1v) is 10.6. The van der Waals surface area contributed by atoms with Crippen LogP contribution in [-0.2, 0) is 6.54 Å². The van der Waals surface area contributed by atoms with E-state index in [9.17, 15) is 4.79 Å². The van der Waals surface area contributed by atoms with Gasteiger partial charge in [-0.3, -0.25) is 9.69 Å². The quantitative estimate of drug-likeness (QED) is 0.621. The minimum atomic E-state index is -0.0318. The van der Waals surface area contributed by atoms with Gasteiger partial charge in [-0.15, -0.1) is 0 Å². The van der Waals surface area contributed by atoms with Crippen LogP contribution in [0.2, 0.25) is 0 Å². The number of benzene rings is 3. The van der Waals surface area contributed by atoms with Crippen molar-refractivity contribution in [2.75, 3.05) is 27.3 Å². The van der Waals surface area contributed by atoms with Crippen molar-refractivity contribution in [3.05, 3.63) is 83.9 Å². The molecule has 1 saturated heterocycles. The molecular formula is C26H28N2O3. The maximum atomic E-state index is 12.5. The summed E-state index contributed by atoms with van der Waals surface area (Å²) in [6, 6.07) is 24.1. The van der Waals surface area contributed by atoms with Crippen molar-refractivity contribution in [1.29, 1.82) is 0 Å². The second-order valence-electron chi connectivity index (χ2n) is 7.82. The van der Waals surface area contributed by atoms with Gasteiger partial charge in [0.1, 0.15) is 11.5 Å². The highest BCUT2D eigenvalue weighted by Crippen LogP contribution is 2.29. The zero-order valence-electron chi connectivity index (χ0n) is 18.0. The van der Waals surface area contributed by atoms with E-state index in [2.05, 4.69) is 40.5 Å². The summed E-state index contributed by atoms with van der Waals surface area (Å²) >= 11 is 0. The lowest BCUT2D eigenvalue weighted by molar-refractivity contribution is 0.0937. The lowest BCUT2D eigenvalue weighted by Crippen LogP contribution is -2.36. The summed E-state index contributed by atoms with van der Waals surface area (Å²) in [5.74, 6) is 1.60. The van der Waals surface area contributed by atoms with Gasteiger partial charge >= 0.3 is 0 Å². The van der Waals surface area contributed by atoms with Gasteiger partial charge in [0.05, 0.1) is 14.2 Å². The van der Waals surface area contributed by atoms with E-state index < -0.39 is 0 Å². The predicted octanol–water partition coefficient (Wildman–Crippen LogP) is 4.38. The van der Waals surface area contributed by atoms with Crippen LogP contribution in [0.3, 0.4) is 0 Å². The standard InChI is InChI=1S/C26H28N2O3/c1-30-23-13-11-21(12-14-23)26(29)27-22-15-16-28(18-22)17-19-7-9-20(10-8-19)24-5-3-4-6-25(24)31-2/h3-14,22H,15-18H2,1-2H3,(H,27,29). The van der Waals surface area contributed by atoms with Crippen LogP contribution in [-0.4, -0.2) is 44.2 Å². The molecule has 0 bridgehead atoms. The molecule has 31 heavy (non-hydrogen) atoms. The molecule has 1 fully saturated rings. The number of carbonyl (C=O) groups excluding carboxylic acids is 1. The SMILES string of the molecule is COc1ccc(C(=O)NC2CCN(Cc3ccc(-c4ccccc4OC)cc3)C2)cc1. The molecule has 1 unspecified atom stereocenters. The van der Waals surface area contributed by atoms with E-state index in [-0.39, 0.29) is 11.9 Å². The Labute approximate surface area is 183 Å². The Bertz CT molecular complexity index is 1020. The topological polar surface area (TPSA) is 50.8 Å². The van der Waals surface area contributed by atoms with Gasteiger partial charge in [-0.05, 0) is 47.9 Å². The van der Waals surface area contributed by atoms with Crippen LogP contribution in [0.4, 0.5) is 0 Å². The highest BCUT2D eigenvalue weighted by Gasteiger charge is 2.24. The highest BCUT2D eigenvalue weighted by molar-refractivity contribution is 5.94. The second kappa shape index (κ2) is 9.67. The molecule has 0 aromatic heterocycles. The lowest BCUT2D eigenvalue weighted by atomic mass is 10.0. The number of nitrogens with one attached hydrogen (secondary N) is 1. The van der Waals surface area contributed by atoms with Gasteiger partial charge in [0.25, 0.3) is 5.91 Å². The molecule has 0 saturated carbocycles. The summed E-state index contributed by atoms with van der Waals surface area (Å²) in [5.41, 5.74) is 4.17. The fourth-order valence-electron chi connectivity index (χ4n) is 4.04. The van der Waals surface area contributed by atoms with E-state index in [0.29, 0.717) is 5.56 Å². The number of hydrogen-bond acceptors (Lipinski definition) is 4. The van der Waals surface area contributed by atoms with Gasteiger partial charge < -0.3 is 14.8 Å². The maximum Gasteiger partial charge on any atom is 0.251 e. The fourth-order valence-corrected chi connectivity index (χ4v) is 4.04. The Morgan fingerprint density at radius 2 is 1.71 bits per heavy atom. The number of nitrogens with zero attached hydrogens (tertiary/aromatic N) is 1. The Morgan fingerprint density at radius 3 is 2.42 bits per heavy atom. The van der Waals surface area contributed by atoms with E-state index in [1.165, 1.54) is 5.56 Å². The summed E-state index contributed by atoms with van der Waals surface area (Å²) < 4.78 is 10.6. The highest BCUT2D eigenvalue weighted by atomic mass is 16.5. The third-order valence-corrected chi connectivity index (χ3v) is 5.74. The number of carbonyl (C=O) groups is 1. The maximum absolute atomic E-state index is 12.5. The molecule has 1 heterocycles. The third-order valence-electron chi connectivity index (χ3n) is 5.74. The zero-order valence-corrected chi connectivity index (χ0v) is 18.0. The molecule has 5 nitrogen and oxygen atoms in total. The first-order chi connectivity index (χ1) is 15.2. The Hall–Kier alpha value is -3.31. The number of ether oxygens (including phenoxy) is 2. The van der Waals surface area contributed by atoms with Crippen LogP contribution in [0, 0.1) is 0 Å². The normalized spacial score (nSPS) is 16.1. The average molecular weight is 417 g/mol. The van der Waals surface area contributed by atoms with Gasteiger partial charge in [-0.2, -0.15) is 0 Å². The molecular weight excluding hydrogens is 388 g/mol. The molecule has 1 aliphatic rings. The van der Waals surface area contributed by atoms with Crippen LogP contribution >= 0.6 is 0 Å². The minimum Gasteiger partial charge on any atom is -0.497 e. The largest absolute Gasteiger partial charge is 0.497 e. The van der Waals surface area contributed by atoms with Crippen molar-refractivity contribution in [3.8, 4) is 22.6 Å². The van der Waals surface area contributed by atoms with Crippen LogP contribution in [0.1, 0.15) is 22.3 Å². The van der Waals surface area contributed by atoms with Crippen LogP contribution in [0.15, 0.2) is 72.8 Å². The minimum absolute atomic E-state index is 0.0318. The molecule has 3 aromatic rings. The van der Waals surface area contributed by atoms with Crippen molar-refractivity contribution >= 4 is 5.91 Å². The van der Waals surface area contributed by atoms with Gasteiger partial charge in [0.15, 0.2) is 0 Å². The predicted molar refractivity (Wildman–Crippen MR) is 123 cm³/mol. The number of para-hydroxylation sites is 1. The van der Waals surface area contributed by atoms with Crippen molar-refractivity contribution in [2.24, 2.45) is 0 Å². The average Bonchev–Trinajstić information content (AvgIpc) is 3.26. The molecule has 0 aliphatic carbocycles. The van der Waals surface area contributed by atoms with E-state index in [1.54, 1.807) is 26.4 Å². The Morgan fingerprint density at radius 1 is 0.968 bits per heavy atom. The number of amides is 1. The molecule has 1 N–H and O–H groups in total. The lowest BCUT2D eigenvalue weighted by Gasteiger charge is -2.17. The molecule has 1 aliphatic heterocycles. The second-order valence-corrected chi connectivity index (χ2v) is 7.82. The summed E-state index contributed by atoms with van der Waals surface area (Å²) in [7, 11) is 3.32. The first-order valence-electron chi connectivity index (χ1n) is 10.6. The van der Waals surface area contributed by atoms with Gasteiger partial charge in [0, 0.05) is 36.8 Å². The van der Waals surface area contributed by atoms with Crippen LogP contribution in [0.25, 0.3) is 11.1 Å². The molecule has 1 amide bonds. The molecule has 160 valence electrons. The smallest absolute Gasteiger partial charge is 0.251 e. The van der Waals surface area contributed by atoms with Crippen molar-refractivity contribution in [3.63, 3.8) is 0 Å². The fraction of sp³-hybridized carbons (Fsp3) is 0.269. The van der Waals surface area contributed by atoms with E-state index in [4.69, 9.17) is 9.47 Å². The summed E-state index contributed by atoms with van der Waals surface area (Å²) in [6.45, 7) is 2.71. The monoisotopic (exact) mass is 416 g/mol. The van der Waals surface area contributed by atoms with Crippen molar-refractivity contribution in [2.45, 2.75) is 19.0 Å². The van der Waals surface area contributed by atoms with Gasteiger partial charge in [-0.1, -0.05) is 42.5 Å². The van der Waals surface area contributed by atoms with Crippen molar-refractivity contribution in [1.82, 2.24) is 10.2 Å². The van der Waals surface area contributed by atoms with E-state index >= 15 is 0 Å². The van der Waals surface area contributed by atoms with Crippen LogP contribution in [0.5, 0.6) is 11.5 Å². The molecule has 1 atom stereocenters. The molecule has 0 radical (unpaired) electrons. The van der Waals surface area contributed by atoms with E-state index in [1.807, 2.05) is 30.3 Å².